The van der Waals surface area contributed by atoms with E-state index < -0.39 is 0 Å². The first-order valence-corrected chi connectivity index (χ1v) is 5.99. The fourth-order valence-electron chi connectivity index (χ4n) is 1.59. The molecule has 0 atom stereocenters. The van der Waals surface area contributed by atoms with Gasteiger partial charge in [0.25, 0.3) is 0 Å². The molecule has 78 valence electrons. The van der Waals surface area contributed by atoms with Crippen LogP contribution < -0.4 is 0 Å². The van der Waals surface area contributed by atoms with Crippen molar-refractivity contribution in [2.45, 2.75) is 71.1 Å². The Morgan fingerprint density at radius 2 is 1.23 bits per heavy atom. The van der Waals surface area contributed by atoms with E-state index in [1.165, 1.54) is 57.8 Å². The number of hydrogen-bond acceptors (Lipinski definition) is 0. The van der Waals surface area contributed by atoms with E-state index in [-0.39, 0.29) is 0 Å². The summed E-state index contributed by atoms with van der Waals surface area (Å²) in [5, 5.41) is 0. The highest BCUT2D eigenvalue weighted by atomic mass is 14.0. The standard InChI is InChI=1S/C13H26/c1-3-5-7-9-11-13-12-10-8-6-4-2/h4H,1,3,5-13H2,2H3. The SMILES string of the molecule is [CH2]CCCCCCCCCC[CH]C. The molecule has 0 bridgehead atoms. The third kappa shape index (κ3) is 12.0. The summed E-state index contributed by atoms with van der Waals surface area (Å²) >= 11 is 0. The van der Waals surface area contributed by atoms with Gasteiger partial charge in [0.15, 0.2) is 0 Å². The lowest BCUT2D eigenvalue weighted by Crippen LogP contribution is -1.81. The fourth-order valence-corrected chi connectivity index (χ4v) is 1.59. The minimum absolute atomic E-state index is 1.12. The minimum atomic E-state index is 1.12. The first-order chi connectivity index (χ1) is 6.41. The highest BCUT2D eigenvalue weighted by molar-refractivity contribution is 4.55. The van der Waals surface area contributed by atoms with Crippen molar-refractivity contribution >= 4 is 0 Å². The normalized spacial score (nSPS) is 10.6. The van der Waals surface area contributed by atoms with Crippen molar-refractivity contribution in [2.24, 2.45) is 0 Å². The summed E-state index contributed by atoms with van der Waals surface area (Å²) < 4.78 is 0. The maximum Gasteiger partial charge on any atom is -0.0417 e. The third-order valence-corrected chi connectivity index (χ3v) is 2.49. The van der Waals surface area contributed by atoms with Crippen LogP contribution in [0.25, 0.3) is 0 Å². The molecular formula is C13H26. The Bertz CT molecular complexity index is 66.1. The van der Waals surface area contributed by atoms with Gasteiger partial charge < -0.3 is 0 Å². The van der Waals surface area contributed by atoms with Crippen molar-refractivity contribution in [3.63, 3.8) is 0 Å². The molecule has 0 amide bonds. The molecule has 0 aromatic rings. The van der Waals surface area contributed by atoms with Crippen LogP contribution in [0.4, 0.5) is 0 Å². The second-order valence-electron chi connectivity index (χ2n) is 3.88. The summed E-state index contributed by atoms with van der Waals surface area (Å²) in [5.41, 5.74) is 0. The van der Waals surface area contributed by atoms with E-state index >= 15 is 0 Å². The molecule has 13 heavy (non-hydrogen) atoms. The van der Waals surface area contributed by atoms with Crippen LogP contribution in [-0.2, 0) is 0 Å². The van der Waals surface area contributed by atoms with Gasteiger partial charge in [-0.2, -0.15) is 0 Å². The maximum absolute atomic E-state index is 3.85. The topological polar surface area (TPSA) is 0 Å². The molecule has 0 heterocycles. The molecule has 0 aliphatic carbocycles. The van der Waals surface area contributed by atoms with Crippen LogP contribution in [-0.4, -0.2) is 0 Å². The van der Waals surface area contributed by atoms with Crippen molar-refractivity contribution in [3.8, 4) is 0 Å². The molecule has 0 N–H and O–H groups in total. The van der Waals surface area contributed by atoms with Gasteiger partial charge in [-0.15, -0.1) is 0 Å². The van der Waals surface area contributed by atoms with Crippen LogP contribution >= 0.6 is 0 Å². The Kier molecular flexibility index (Phi) is 12.0. The highest BCUT2D eigenvalue weighted by Gasteiger charge is 1.91. The molecule has 0 rings (SSSR count). The Labute approximate surface area is 85.1 Å². The van der Waals surface area contributed by atoms with Crippen LogP contribution in [0.5, 0.6) is 0 Å². The summed E-state index contributed by atoms with van der Waals surface area (Å²) in [6.45, 7) is 6.00. The Hall–Kier alpha value is 0. The van der Waals surface area contributed by atoms with Crippen molar-refractivity contribution in [1.29, 1.82) is 0 Å². The van der Waals surface area contributed by atoms with Gasteiger partial charge in [-0.3, -0.25) is 0 Å². The highest BCUT2D eigenvalue weighted by Crippen LogP contribution is 2.10. The van der Waals surface area contributed by atoms with Crippen molar-refractivity contribution in [1.82, 2.24) is 0 Å². The molecule has 0 spiro atoms. The monoisotopic (exact) mass is 182 g/mol. The van der Waals surface area contributed by atoms with E-state index in [0.29, 0.717) is 0 Å². The van der Waals surface area contributed by atoms with E-state index in [9.17, 15) is 0 Å². The van der Waals surface area contributed by atoms with Crippen LogP contribution in [0, 0.1) is 13.3 Å². The quantitative estimate of drug-likeness (QED) is 0.419. The Balaban J connectivity index is 2.76. The van der Waals surface area contributed by atoms with Crippen molar-refractivity contribution < 1.29 is 0 Å². The van der Waals surface area contributed by atoms with E-state index in [1.54, 1.807) is 0 Å². The third-order valence-electron chi connectivity index (χ3n) is 2.49. The molecule has 0 saturated carbocycles. The summed E-state index contributed by atoms with van der Waals surface area (Å²) in [6.07, 6.45) is 16.0. The second kappa shape index (κ2) is 12.0. The van der Waals surface area contributed by atoms with E-state index in [1.807, 2.05) is 0 Å². The predicted octanol–water partition coefficient (Wildman–Crippen LogP) is 4.95. The lowest BCUT2D eigenvalue weighted by Gasteiger charge is -2.00. The number of unbranched alkanes of at least 4 members (excludes halogenated alkanes) is 10. The van der Waals surface area contributed by atoms with Gasteiger partial charge in [-0.1, -0.05) is 78.1 Å². The number of rotatable bonds is 10. The summed E-state index contributed by atoms with van der Waals surface area (Å²) in [7, 11) is 0. The molecule has 2 radical (unpaired) electrons. The Morgan fingerprint density at radius 1 is 0.769 bits per heavy atom. The van der Waals surface area contributed by atoms with E-state index in [0.717, 1.165) is 6.42 Å². The molecule has 0 fully saturated rings. The molecule has 0 aliphatic rings. The Morgan fingerprint density at radius 3 is 1.69 bits per heavy atom. The fraction of sp³-hybridized carbons (Fsp3) is 0.846. The second-order valence-corrected chi connectivity index (χ2v) is 3.88. The van der Waals surface area contributed by atoms with E-state index in [2.05, 4.69) is 20.3 Å². The van der Waals surface area contributed by atoms with Gasteiger partial charge >= 0.3 is 0 Å². The van der Waals surface area contributed by atoms with Gasteiger partial charge in [0.1, 0.15) is 0 Å². The first-order valence-electron chi connectivity index (χ1n) is 5.99. The van der Waals surface area contributed by atoms with Crippen molar-refractivity contribution in [3.05, 3.63) is 13.3 Å². The largest absolute Gasteiger partial charge is 0.0623 e. The molecule has 0 aromatic carbocycles. The van der Waals surface area contributed by atoms with Crippen LogP contribution in [0.15, 0.2) is 0 Å². The summed E-state index contributed by atoms with van der Waals surface area (Å²) in [6, 6.07) is 0. The van der Waals surface area contributed by atoms with Crippen LogP contribution in [0.1, 0.15) is 71.1 Å². The lowest BCUT2D eigenvalue weighted by molar-refractivity contribution is 0.568. The van der Waals surface area contributed by atoms with Crippen LogP contribution in [0.3, 0.4) is 0 Å². The molecule has 0 unspecified atom stereocenters. The minimum Gasteiger partial charge on any atom is -0.0623 e. The number of hydrogen-bond donors (Lipinski definition) is 0. The zero-order valence-electron chi connectivity index (χ0n) is 9.36. The average molecular weight is 182 g/mol. The van der Waals surface area contributed by atoms with Gasteiger partial charge in [0, 0.05) is 0 Å². The summed E-state index contributed by atoms with van der Waals surface area (Å²) in [4.78, 5) is 0. The zero-order chi connectivity index (χ0) is 9.78. The molecule has 0 aliphatic heterocycles. The maximum atomic E-state index is 3.85. The molecule has 0 nitrogen and oxygen atoms in total. The van der Waals surface area contributed by atoms with Gasteiger partial charge in [0.05, 0.1) is 0 Å². The predicted molar refractivity (Wildman–Crippen MR) is 61.5 cm³/mol. The van der Waals surface area contributed by atoms with Crippen LogP contribution in [0.2, 0.25) is 0 Å². The average Bonchev–Trinajstić information content (AvgIpc) is 2.16. The molecule has 0 aromatic heterocycles. The van der Waals surface area contributed by atoms with E-state index in [4.69, 9.17) is 0 Å². The summed E-state index contributed by atoms with van der Waals surface area (Å²) in [5.74, 6) is 0. The van der Waals surface area contributed by atoms with Crippen molar-refractivity contribution in [2.75, 3.05) is 0 Å². The first kappa shape index (κ1) is 13.0. The smallest absolute Gasteiger partial charge is 0.0417 e. The zero-order valence-corrected chi connectivity index (χ0v) is 9.36. The van der Waals surface area contributed by atoms with Gasteiger partial charge in [-0.05, 0) is 6.42 Å². The molecule has 0 heteroatoms. The van der Waals surface area contributed by atoms with Gasteiger partial charge in [-0.25, -0.2) is 0 Å². The lowest BCUT2D eigenvalue weighted by atomic mass is 10.1. The van der Waals surface area contributed by atoms with Gasteiger partial charge in [0.2, 0.25) is 0 Å². The molecule has 0 saturated heterocycles. The molecular weight excluding hydrogens is 156 g/mol.